The Kier molecular flexibility index (Phi) is 3.74. The number of anilines is 2. The lowest BCUT2D eigenvalue weighted by atomic mass is 10.1. The fourth-order valence-corrected chi connectivity index (χ4v) is 1.72. The number of nitrogens with two attached hydrogens (primary N) is 1. The summed E-state index contributed by atoms with van der Waals surface area (Å²) in [5.41, 5.74) is 7.00. The topological polar surface area (TPSA) is 72.9 Å². The Hall–Kier alpha value is -2.37. The Morgan fingerprint density at radius 1 is 1.45 bits per heavy atom. The third-order valence-electron chi connectivity index (χ3n) is 3.04. The van der Waals surface area contributed by atoms with Crippen LogP contribution in [0.2, 0.25) is 0 Å². The highest BCUT2D eigenvalue weighted by Crippen LogP contribution is 2.19. The van der Waals surface area contributed by atoms with Crippen LogP contribution in [0.15, 0.2) is 24.5 Å². The molecule has 1 aromatic carbocycles. The maximum atomic E-state index is 13.6. The SMILES string of the molecule is Cc1c(N)cc(C(=O)Nc2cnn(C(C)C)c2)cc1F. The summed E-state index contributed by atoms with van der Waals surface area (Å²) < 4.78 is 15.3. The van der Waals surface area contributed by atoms with Gasteiger partial charge in [0.15, 0.2) is 0 Å². The van der Waals surface area contributed by atoms with Crippen LogP contribution in [0, 0.1) is 12.7 Å². The number of aromatic nitrogens is 2. The van der Waals surface area contributed by atoms with E-state index in [1.807, 2.05) is 13.8 Å². The molecule has 106 valence electrons. The van der Waals surface area contributed by atoms with Crippen molar-refractivity contribution in [2.75, 3.05) is 11.1 Å². The summed E-state index contributed by atoms with van der Waals surface area (Å²) in [5, 5.41) is 6.78. The fourth-order valence-electron chi connectivity index (χ4n) is 1.72. The Morgan fingerprint density at radius 2 is 2.15 bits per heavy atom. The summed E-state index contributed by atoms with van der Waals surface area (Å²) in [7, 11) is 0. The van der Waals surface area contributed by atoms with Crippen molar-refractivity contribution in [1.29, 1.82) is 0 Å². The molecule has 2 aromatic rings. The summed E-state index contributed by atoms with van der Waals surface area (Å²) in [5.74, 6) is -0.910. The zero-order valence-corrected chi connectivity index (χ0v) is 11.6. The second-order valence-electron chi connectivity index (χ2n) is 4.93. The number of halogens is 1. The van der Waals surface area contributed by atoms with Crippen molar-refractivity contribution in [3.05, 3.63) is 41.5 Å². The van der Waals surface area contributed by atoms with Crippen LogP contribution in [0.5, 0.6) is 0 Å². The molecule has 0 fully saturated rings. The van der Waals surface area contributed by atoms with Crippen LogP contribution >= 0.6 is 0 Å². The molecule has 0 saturated carbocycles. The fraction of sp³-hybridized carbons (Fsp3) is 0.286. The molecule has 0 radical (unpaired) electrons. The van der Waals surface area contributed by atoms with Gasteiger partial charge in [0.25, 0.3) is 5.91 Å². The second kappa shape index (κ2) is 5.32. The summed E-state index contributed by atoms with van der Waals surface area (Å²) in [6, 6.07) is 2.84. The average molecular weight is 276 g/mol. The molecule has 3 N–H and O–H groups in total. The van der Waals surface area contributed by atoms with E-state index in [2.05, 4.69) is 10.4 Å². The van der Waals surface area contributed by atoms with E-state index in [0.29, 0.717) is 11.3 Å². The molecule has 0 bridgehead atoms. The van der Waals surface area contributed by atoms with Crippen molar-refractivity contribution in [2.45, 2.75) is 26.8 Å². The van der Waals surface area contributed by atoms with E-state index in [1.54, 1.807) is 24.0 Å². The van der Waals surface area contributed by atoms with Crippen LogP contribution in [0.1, 0.15) is 35.8 Å². The minimum absolute atomic E-state index is 0.183. The number of benzene rings is 1. The maximum absolute atomic E-state index is 13.6. The zero-order chi connectivity index (χ0) is 14.9. The second-order valence-corrected chi connectivity index (χ2v) is 4.93. The van der Waals surface area contributed by atoms with E-state index >= 15 is 0 Å². The molecule has 0 aliphatic rings. The number of nitrogens with zero attached hydrogens (tertiary/aromatic N) is 2. The van der Waals surface area contributed by atoms with Gasteiger partial charge in [0.1, 0.15) is 5.82 Å². The first kappa shape index (κ1) is 14.0. The number of amides is 1. The molecular formula is C14H17FN4O. The number of carbonyl (C=O) groups is 1. The van der Waals surface area contributed by atoms with Gasteiger partial charge in [0.2, 0.25) is 0 Å². The molecule has 6 heteroatoms. The lowest BCUT2D eigenvalue weighted by Gasteiger charge is -2.07. The first-order chi connectivity index (χ1) is 9.38. The van der Waals surface area contributed by atoms with Crippen molar-refractivity contribution < 1.29 is 9.18 Å². The van der Waals surface area contributed by atoms with Crippen LogP contribution in [0.4, 0.5) is 15.8 Å². The summed E-state index contributed by atoms with van der Waals surface area (Å²) >= 11 is 0. The lowest BCUT2D eigenvalue weighted by molar-refractivity contribution is 0.102. The Balaban J connectivity index is 2.19. The predicted molar refractivity (Wildman–Crippen MR) is 76.1 cm³/mol. The maximum Gasteiger partial charge on any atom is 0.255 e. The van der Waals surface area contributed by atoms with Gasteiger partial charge in [-0.3, -0.25) is 9.48 Å². The van der Waals surface area contributed by atoms with Crippen molar-refractivity contribution in [3.8, 4) is 0 Å². The Labute approximate surface area is 116 Å². The van der Waals surface area contributed by atoms with Gasteiger partial charge in [0, 0.05) is 29.1 Å². The van der Waals surface area contributed by atoms with E-state index in [1.165, 1.54) is 12.1 Å². The highest BCUT2D eigenvalue weighted by atomic mass is 19.1. The summed E-state index contributed by atoms with van der Waals surface area (Å²) in [6.07, 6.45) is 3.27. The molecular weight excluding hydrogens is 259 g/mol. The van der Waals surface area contributed by atoms with E-state index in [9.17, 15) is 9.18 Å². The number of hydrogen-bond acceptors (Lipinski definition) is 3. The van der Waals surface area contributed by atoms with E-state index in [4.69, 9.17) is 5.73 Å². The van der Waals surface area contributed by atoms with Crippen molar-refractivity contribution in [2.24, 2.45) is 0 Å². The third-order valence-corrected chi connectivity index (χ3v) is 3.04. The molecule has 20 heavy (non-hydrogen) atoms. The molecule has 0 saturated heterocycles. The van der Waals surface area contributed by atoms with E-state index in [-0.39, 0.29) is 17.3 Å². The average Bonchev–Trinajstić information content (AvgIpc) is 2.84. The zero-order valence-electron chi connectivity index (χ0n) is 11.6. The monoisotopic (exact) mass is 276 g/mol. The first-order valence-corrected chi connectivity index (χ1v) is 6.29. The Bertz CT molecular complexity index is 625. The number of nitrogen functional groups attached to an aromatic ring is 1. The van der Waals surface area contributed by atoms with Gasteiger partial charge in [-0.1, -0.05) is 0 Å². The standard InChI is InChI=1S/C14H17FN4O/c1-8(2)19-7-11(6-17-19)18-14(20)10-4-12(15)9(3)13(16)5-10/h4-8H,16H2,1-3H3,(H,18,20). The molecule has 1 heterocycles. The van der Waals surface area contributed by atoms with Crippen LogP contribution in [-0.4, -0.2) is 15.7 Å². The van der Waals surface area contributed by atoms with Crippen LogP contribution < -0.4 is 11.1 Å². The molecule has 0 atom stereocenters. The van der Waals surface area contributed by atoms with E-state index in [0.717, 1.165) is 0 Å². The van der Waals surface area contributed by atoms with Gasteiger partial charge in [0.05, 0.1) is 11.9 Å². The molecule has 2 rings (SSSR count). The minimum Gasteiger partial charge on any atom is -0.398 e. The highest BCUT2D eigenvalue weighted by molar-refractivity contribution is 6.04. The molecule has 0 aliphatic carbocycles. The van der Waals surface area contributed by atoms with Gasteiger partial charge < -0.3 is 11.1 Å². The third kappa shape index (κ3) is 2.79. The van der Waals surface area contributed by atoms with Crippen molar-refractivity contribution >= 4 is 17.3 Å². The normalized spacial score (nSPS) is 10.8. The van der Waals surface area contributed by atoms with Gasteiger partial charge in [-0.2, -0.15) is 5.10 Å². The van der Waals surface area contributed by atoms with Crippen LogP contribution in [0.3, 0.4) is 0 Å². The lowest BCUT2D eigenvalue weighted by Crippen LogP contribution is -2.13. The quantitative estimate of drug-likeness (QED) is 0.847. The number of rotatable bonds is 3. The molecule has 1 aromatic heterocycles. The predicted octanol–water partition coefficient (Wildman–Crippen LogP) is 2.75. The van der Waals surface area contributed by atoms with Gasteiger partial charge >= 0.3 is 0 Å². The summed E-state index contributed by atoms with van der Waals surface area (Å²) in [4.78, 5) is 12.0. The van der Waals surface area contributed by atoms with Crippen LogP contribution in [0.25, 0.3) is 0 Å². The van der Waals surface area contributed by atoms with E-state index < -0.39 is 11.7 Å². The number of carbonyl (C=O) groups excluding carboxylic acids is 1. The first-order valence-electron chi connectivity index (χ1n) is 6.29. The van der Waals surface area contributed by atoms with Gasteiger partial charge in [-0.25, -0.2) is 4.39 Å². The smallest absolute Gasteiger partial charge is 0.255 e. The van der Waals surface area contributed by atoms with Gasteiger partial charge in [-0.15, -0.1) is 0 Å². The summed E-state index contributed by atoms with van der Waals surface area (Å²) in [6.45, 7) is 5.53. The number of nitrogens with one attached hydrogen (secondary N) is 1. The molecule has 0 unspecified atom stereocenters. The Morgan fingerprint density at radius 3 is 2.70 bits per heavy atom. The molecule has 0 aliphatic heterocycles. The molecule has 0 spiro atoms. The number of hydrogen-bond donors (Lipinski definition) is 2. The molecule has 1 amide bonds. The van der Waals surface area contributed by atoms with Crippen molar-refractivity contribution in [3.63, 3.8) is 0 Å². The van der Waals surface area contributed by atoms with Crippen LogP contribution in [-0.2, 0) is 0 Å². The van der Waals surface area contributed by atoms with Gasteiger partial charge in [-0.05, 0) is 32.9 Å². The van der Waals surface area contributed by atoms with Crippen molar-refractivity contribution in [1.82, 2.24) is 9.78 Å². The highest BCUT2D eigenvalue weighted by Gasteiger charge is 2.12. The minimum atomic E-state index is -0.493. The molecule has 5 nitrogen and oxygen atoms in total. The largest absolute Gasteiger partial charge is 0.398 e.